The van der Waals surface area contributed by atoms with E-state index < -0.39 is 0 Å². The maximum atomic E-state index is 12.2. The summed E-state index contributed by atoms with van der Waals surface area (Å²) in [4.78, 5) is 30.6. The fraction of sp³-hybridized carbons (Fsp3) is 0.381. The van der Waals surface area contributed by atoms with Gasteiger partial charge in [-0.25, -0.2) is 14.5 Å². The quantitative estimate of drug-likeness (QED) is 0.542. The minimum atomic E-state index is 0.134. The SMILES string of the molecule is CN(C)C(=O)[C@H]1CC[C@@H](Nc2ncc3c(-c4ccn5ncnc5c4)c[nH]c3n2)CC1. The van der Waals surface area contributed by atoms with E-state index in [1.807, 2.05) is 44.8 Å². The normalized spacial score (nSPS) is 19.3. The van der Waals surface area contributed by atoms with Crippen LogP contribution in [-0.2, 0) is 4.79 Å². The second-order valence-electron chi connectivity index (χ2n) is 8.06. The monoisotopic (exact) mass is 404 g/mol. The van der Waals surface area contributed by atoms with Crippen LogP contribution < -0.4 is 5.32 Å². The number of carbonyl (C=O) groups is 1. The van der Waals surface area contributed by atoms with Crippen LogP contribution in [0.25, 0.3) is 27.8 Å². The highest BCUT2D eigenvalue weighted by Crippen LogP contribution is 2.30. The average molecular weight is 404 g/mol. The van der Waals surface area contributed by atoms with E-state index >= 15 is 0 Å². The highest BCUT2D eigenvalue weighted by Gasteiger charge is 2.27. The lowest BCUT2D eigenvalue weighted by Gasteiger charge is -2.29. The number of carbonyl (C=O) groups excluding carboxylic acids is 1. The molecule has 9 heteroatoms. The third kappa shape index (κ3) is 3.36. The fourth-order valence-electron chi connectivity index (χ4n) is 4.23. The maximum Gasteiger partial charge on any atom is 0.225 e. The number of rotatable bonds is 4. The summed E-state index contributed by atoms with van der Waals surface area (Å²) in [6, 6.07) is 4.29. The Kier molecular flexibility index (Phi) is 4.57. The minimum absolute atomic E-state index is 0.134. The van der Waals surface area contributed by atoms with E-state index in [0.717, 1.165) is 53.5 Å². The van der Waals surface area contributed by atoms with Crippen LogP contribution in [-0.4, -0.2) is 60.5 Å². The van der Waals surface area contributed by atoms with Crippen LogP contribution in [0, 0.1) is 5.92 Å². The van der Waals surface area contributed by atoms with Crippen LogP contribution >= 0.6 is 0 Å². The smallest absolute Gasteiger partial charge is 0.225 e. The summed E-state index contributed by atoms with van der Waals surface area (Å²) in [5.41, 5.74) is 3.66. The van der Waals surface area contributed by atoms with Gasteiger partial charge in [0.2, 0.25) is 11.9 Å². The maximum absolute atomic E-state index is 12.2. The number of aromatic nitrogens is 6. The van der Waals surface area contributed by atoms with Crippen molar-refractivity contribution in [3.05, 3.63) is 37.1 Å². The van der Waals surface area contributed by atoms with Gasteiger partial charge in [-0.3, -0.25) is 4.79 Å². The van der Waals surface area contributed by atoms with E-state index in [1.165, 1.54) is 0 Å². The Morgan fingerprint density at radius 3 is 2.87 bits per heavy atom. The van der Waals surface area contributed by atoms with Crippen molar-refractivity contribution >= 4 is 28.5 Å². The molecule has 0 aromatic carbocycles. The summed E-state index contributed by atoms with van der Waals surface area (Å²) in [5.74, 6) is 0.982. The lowest BCUT2D eigenvalue weighted by molar-refractivity contribution is -0.133. The molecule has 0 unspecified atom stereocenters. The molecule has 30 heavy (non-hydrogen) atoms. The predicted molar refractivity (Wildman–Crippen MR) is 114 cm³/mol. The molecule has 0 atom stereocenters. The van der Waals surface area contributed by atoms with Gasteiger partial charge >= 0.3 is 0 Å². The fourth-order valence-corrected chi connectivity index (χ4v) is 4.23. The van der Waals surface area contributed by atoms with Gasteiger partial charge in [0.25, 0.3) is 0 Å². The zero-order valence-electron chi connectivity index (χ0n) is 17.0. The molecule has 4 aromatic rings. The highest BCUT2D eigenvalue weighted by molar-refractivity contribution is 5.93. The Morgan fingerprint density at radius 2 is 2.07 bits per heavy atom. The third-order valence-electron chi connectivity index (χ3n) is 5.87. The van der Waals surface area contributed by atoms with E-state index in [4.69, 9.17) is 0 Å². The first-order valence-electron chi connectivity index (χ1n) is 10.2. The number of anilines is 1. The van der Waals surface area contributed by atoms with E-state index in [2.05, 4.69) is 30.4 Å². The largest absolute Gasteiger partial charge is 0.351 e. The van der Waals surface area contributed by atoms with Gasteiger partial charge in [0.15, 0.2) is 5.65 Å². The summed E-state index contributed by atoms with van der Waals surface area (Å²) in [5, 5.41) is 8.54. The molecular weight excluding hydrogens is 380 g/mol. The Labute approximate surface area is 173 Å². The molecule has 9 nitrogen and oxygen atoms in total. The first-order chi connectivity index (χ1) is 14.6. The molecule has 1 aliphatic carbocycles. The van der Waals surface area contributed by atoms with Crippen molar-refractivity contribution in [1.82, 2.24) is 34.4 Å². The Morgan fingerprint density at radius 1 is 1.23 bits per heavy atom. The molecule has 0 bridgehead atoms. The Bertz CT molecular complexity index is 1200. The van der Waals surface area contributed by atoms with Crippen LogP contribution in [0.1, 0.15) is 25.7 Å². The topological polar surface area (TPSA) is 104 Å². The van der Waals surface area contributed by atoms with Crippen molar-refractivity contribution in [2.45, 2.75) is 31.7 Å². The summed E-state index contributed by atoms with van der Waals surface area (Å²) in [6.45, 7) is 0. The first-order valence-corrected chi connectivity index (χ1v) is 10.2. The molecule has 0 saturated heterocycles. The number of nitrogens with zero attached hydrogens (tertiary/aromatic N) is 6. The van der Waals surface area contributed by atoms with Crippen molar-refractivity contribution in [2.75, 3.05) is 19.4 Å². The molecule has 5 rings (SSSR count). The molecule has 0 aliphatic heterocycles. The van der Waals surface area contributed by atoms with Gasteiger partial charge < -0.3 is 15.2 Å². The molecule has 1 aliphatic rings. The standard InChI is InChI=1S/C21H24N8O/c1-28(2)20(30)13-3-5-15(6-4-13)26-21-23-11-17-16(10-22-19(17)27-21)14-7-8-29-18(9-14)24-12-25-29/h7-13,15H,3-6H2,1-2H3,(H2,22,23,26,27)/t13-,15+. The number of fused-ring (bicyclic) bond motifs is 2. The summed E-state index contributed by atoms with van der Waals surface area (Å²) in [7, 11) is 3.65. The zero-order valence-corrected chi connectivity index (χ0v) is 17.0. The molecule has 2 N–H and O–H groups in total. The summed E-state index contributed by atoms with van der Waals surface area (Å²) in [6.07, 6.45) is 10.9. The first kappa shape index (κ1) is 18.5. The van der Waals surface area contributed by atoms with E-state index in [9.17, 15) is 4.79 Å². The molecule has 0 radical (unpaired) electrons. The van der Waals surface area contributed by atoms with Crippen molar-refractivity contribution in [2.24, 2.45) is 5.92 Å². The van der Waals surface area contributed by atoms with Gasteiger partial charge in [0, 0.05) is 55.6 Å². The third-order valence-corrected chi connectivity index (χ3v) is 5.87. The molecule has 1 amide bonds. The van der Waals surface area contributed by atoms with Crippen LogP contribution in [0.4, 0.5) is 5.95 Å². The van der Waals surface area contributed by atoms with Crippen LogP contribution in [0.5, 0.6) is 0 Å². The molecule has 1 fully saturated rings. The van der Waals surface area contributed by atoms with E-state index in [0.29, 0.717) is 12.0 Å². The van der Waals surface area contributed by atoms with Crippen LogP contribution in [0.15, 0.2) is 37.1 Å². The number of hydrogen-bond donors (Lipinski definition) is 2. The van der Waals surface area contributed by atoms with Crippen molar-refractivity contribution in [3.8, 4) is 11.1 Å². The van der Waals surface area contributed by atoms with Gasteiger partial charge in [-0.15, -0.1) is 0 Å². The molecule has 0 spiro atoms. The number of aromatic amines is 1. The van der Waals surface area contributed by atoms with Crippen molar-refractivity contribution in [3.63, 3.8) is 0 Å². The number of hydrogen-bond acceptors (Lipinski definition) is 6. The Hall–Kier alpha value is -3.49. The van der Waals surface area contributed by atoms with E-state index in [1.54, 1.807) is 15.7 Å². The van der Waals surface area contributed by atoms with Gasteiger partial charge in [-0.1, -0.05) is 0 Å². The zero-order chi connectivity index (χ0) is 20.7. The van der Waals surface area contributed by atoms with Crippen LogP contribution in [0.3, 0.4) is 0 Å². The highest BCUT2D eigenvalue weighted by atomic mass is 16.2. The van der Waals surface area contributed by atoms with Gasteiger partial charge in [-0.2, -0.15) is 10.1 Å². The lowest BCUT2D eigenvalue weighted by atomic mass is 9.85. The van der Waals surface area contributed by atoms with Crippen molar-refractivity contribution in [1.29, 1.82) is 0 Å². The van der Waals surface area contributed by atoms with Gasteiger partial charge in [0.05, 0.1) is 0 Å². The number of nitrogens with one attached hydrogen (secondary N) is 2. The van der Waals surface area contributed by atoms with Crippen molar-refractivity contribution < 1.29 is 4.79 Å². The summed E-state index contributed by atoms with van der Waals surface area (Å²) >= 11 is 0. The average Bonchev–Trinajstić information content (AvgIpc) is 3.39. The number of amides is 1. The molecular formula is C21H24N8O. The van der Waals surface area contributed by atoms with Gasteiger partial charge in [0.1, 0.15) is 12.0 Å². The summed E-state index contributed by atoms with van der Waals surface area (Å²) < 4.78 is 1.73. The Balaban J connectivity index is 1.31. The molecule has 1 saturated carbocycles. The molecule has 154 valence electrons. The predicted octanol–water partition coefficient (Wildman–Crippen LogP) is 2.73. The second kappa shape index (κ2) is 7.40. The minimum Gasteiger partial charge on any atom is -0.351 e. The molecule has 4 heterocycles. The number of H-pyrrole nitrogens is 1. The second-order valence-corrected chi connectivity index (χ2v) is 8.06. The van der Waals surface area contributed by atoms with Gasteiger partial charge in [-0.05, 0) is 43.4 Å². The lowest BCUT2D eigenvalue weighted by Crippen LogP contribution is -2.35. The molecule has 4 aromatic heterocycles. The van der Waals surface area contributed by atoms with Crippen LogP contribution in [0.2, 0.25) is 0 Å². The van der Waals surface area contributed by atoms with E-state index in [-0.39, 0.29) is 11.8 Å². The number of pyridine rings is 1.